The molecule has 25 heavy (non-hydrogen) atoms. The monoisotopic (exact) mass is 339 g/mol. The zero-order chi connectivity index (χ0) is 17.1. The van der Waals surface area contributed by atoms with Crippen LogP contribution in [0.2, 0.25) is 0 Å². The van der Waals surface area contributed by atoms with Crippen molar-refractivity contribution < 1.29 is 9.47 Å². The molecular formula is C18H21N5O2. The molecule has 7 nitrogen and oxygen atoms in total. The van der Waals surface area contributed by atoms with Crippen LogP contribution in [-0.4, -0.2) is 40.0 Å². The van der Waals surface area contributed by atoms with E-state index in [9.17, 15) is 0 Å². The Morgan fingerprint density at radius 3 is 3.04 bits per heavy atom. The molecule has 1 aliphatic heterocycles. The normalized spacial score (nSPS) is 15.4. The van der Waals surface area contributed by atoms with Gasteiger partial charge < -0.3 is 14.8 Å². The minimum Gasteiger partial charge on any atom is -0.493 e. The third-order valence-electron chi connectivity index (χ3n) is 4.51. The first-order chi connectivity index (χ1) is 12.3. The zero-order valence-corrected chi connectivity index (χ0v) is 14.2. The number of hydrogen-bond acceptors (Lipinski definition) is 6. The van der Waals surface area contributed by atoms with E-state index in [0.29, 0.717) is 11.6 Å². The minimum atomic E-state index is 0.567. The zero-order valence-electron chi connectivity index (χ0n) is 14.2. The van der Waals surface area contributed by atoms with E-state index >= 15 is 0 Å². The molecule has 0 unspecified atom stereocenters. The van der Waals surface area contributed by atoms with Gasteiger partial charge in [0, 0.05) is 25.0 Å². The van der Waals surface area contributed by atoms with Crippen LogP contribution in [0, 0.1) is 12.8 Å². The van der Waals surface area contributed by atoms with Gasteiger partial charge in [-0.15, -0.1) is 0 Å². The Morgan fingerprint density at radius 2 is 2.16 bits per heavy atom. The summed E-state index contributed by atoms with van der Waals surface area (Å²) >= 11 is 0. The first-order valence-electron chi connectivity index (χ1n) is 8.52. The van der Waals surface area contributed by atoms with Crippen LogP contribution in [0.5, 0.6) is 5.75 Å². The topological polar surface area (TPSA) is 85.0 Å². The summed E-state index contributed by atoms with van der Waals surface area (Å²) in [5, 5.41) is 11.0. The van der Waals surface area contributed by atoms with Crippen LogP contribution in [-0.2, 0) is 4.74 Å². The van der Waals surface area contributed by atoms with E-state index in [2.05, 4.69) is 38.5 Å². The summed E-state index contributed by atoms with van der Waals surface area (Å²) in [5.41, 5.74) is 2.75. The summed E-state index contributed by atoms with van der Waals surface area (Å²) in [6.45, 7) is 4.46. The SMILES string of the molecule is Cc1ccc(Nc2ncnc3[nH]ncc23)cc1OCC1CCOCC1. The number of aromatic nitrogens is 4. The first kappa shape index (κ1) is 15.8. The van der Waals surface area contributed by atoms with Crippen LogP contribution in [0.25, 0.3) is 11.0 Å². The second kappa shape index (κ2) is 7.06. The number of nitrogens with zero attached hydrogens (tertiary/aromatic N) is 3. The minimum absolute atomic E-state index is 0.567. The maximum absolute atomic E-state index is 6.08. The molecule has 3 heterocycles. The predicted octanol–water partition coefficient (Wildman–Crippen LogP) is 3.21. The van der Waals surface area contributed by atoms with Crippen LogP contribution in [0.15, 0.2) is 30.7 Å². The number of rotatable bonds is 5. The van der Waals surface area contributed by atoms with Crippen LogP contribution in [0.1, 0.15) is 18.4 Å². The molecule has 2 N–H and O–H groups in total. The molecular weight excluding hydrogens is 318 g/mol. The molecule has 0 saturated carbocycles. The Kier molecular flexibility index (Phi) is 4.47. The highest BCUT2D eigenvalue weighted by Gasteiger charge is 2.15. The van der Waals surface area contributed by atoms with Crippen molar-refractivity contribution in [3.05, 3.63) is 36.3 Å². The van der Waals surface area contributed by atoms with Gasteiger partial charge in [0.2, 0.25) is 0 Å². The van der Waals surface area contributed by atoms with Crippen LogP contribution < -0.4 is 10.1 Å². The van der Waals surface area contributed by atoms with Gasteiger partial charge in [0.1, 0.15) is 17.9 Å². The maximum atomic E-state index is 6.08. The van der Waals surface area contributed by atoms with E-state index in [0.717, 1.165) is 60.9 Å². The average molecular weight is 339 g/mol. The van der Waals surface area contributed by atoms with E-state index in [1.807, 2.05) is 12.1 Å². The molecule has 0 atom stereocenters. The summed E-state index contributed by atoms with van der Waals surface area (Å²) in [6, 6.07) is 6.09. The lowest BCUT2D eigenvalue weighted by atomic mass is 10.0. The van der Waals surface area contributed by atoms with Gasteiger partial charge in [-0.05, 0) is 37.3 Å². The number of ether oxygens (including phenoxy) is 2. The molecule has 1 aliphatic rings. The van der Waals surface area contributed by atoms with Crippen molar-refractivity contribution in [3.8, 4) is 5.75 Å². The number of nitrogens with one attached hydrogen (secondary N) is 2. The Morgan fingerprint density at radius 1 is 1.28 bits per heavy atom. The molecule has 4 rings (SSSR count). The molecule has 1 aromatic carbocycles. The molecule has 0 spiro atoms. The Balaban J connectivity index is 1.50. The molecule has 0 radical (unpaired) electrons. The predicted molar refractivity (Wildman–Crippen MR) is 95.2 cm³/mol. The molecule has 1 fully saturated rings. The Hall–Kier alpha value is -2.67. The fourth-order valence-electron chi connectivity index (χ4n) is 2.96. The standard InChI is InChI=1S/C18H21N5O2/c1-12-2-3-14(8-16(12)25-10-13-4-6-24-7-5-13)22-17-15-9-21-23-18(15)20-11-19-17/h2-3,8-9,11,13H,4-7,10H2,1H3,(H2,19,20,21,22,23). The molecule has 7 heteroatoms. The fraction of sp³-hybridized carbons (Fsp3) is 0.389. The smallest absolute Gasteiger partial charge is 0.160 e. The van der Waals surface area contributed by atoms with E-state index in [1.165, 1.54) is 6.33 Å². The number of aryl methyl sites for hydroxylation is 1. The Labute approximate surface area is 145 Å². The lowest BCUT2D eigenvalue weighted by Gasteiger charge is -2.22. The number of anilines is 2. The van der Waals surface area contributed by atoms with Gasteiger partial charge >= 0.3 is 0 Å². The number of hydrogen-bond donors (Lipinski definition) is 2. The van der Waals surface area contributed by atoms with Gasteiger partial charge in [0.25, 0.3) is 0 Å². The summed E-state index contributed by atoms with van der Waals surface area (Å²) in [7, 11) is 0. The average Bonchev–Trinajstić information content (AvgIpc) is 3.13. The lowest BCUT2D eigenvalue weighted by Crippen LogP contribution is -2.21. The number of fused-ring (bicyclic) bond motifs is 1. The molecule has 0 bridgehead atoms. The molecule has 2 aromatic heterocycles. The summed E-state index contributed by atoms with van der Waals surface area (Å²) in [4.78, 5) is 8.46. The number of benzene rings is 1. The fourth-order valence-corrected chi connectivity index (χ4v) is 2.96. The third-order valence-corrected chi connectivity index (χ3v) is 4.51. The van der Waals surface area contributed by atoms with Crippen LogP contribution in [0.3, 0.4) is 0 Å². The van der Waals surface area contributed by atoms with Crippen molar-refractivity contribution in [3.63, 3.8) is 0 Å². The van der Waals surface area contributed by atoms with Crippen molar-refractivity contribution in [2.75, 3.05) is 25.1 Å². The van der Waals surface area contributed by atoms with Crippen LogP contribution in [0.4, 0.5) is 11.5 Å². The van der Waals surface area contributed by atoms with Crippen molar-refractivity contribution >= 4 is 22.5 Å². The van der Waals surface area contributed by atoms with Crippen LogP contribution >= 0.6 is 0 Å². The van der Waals surface area contributed by atoms with Gasteiger partial charge in [-0.1, -0.05) is 6.07 Å². The van der Waals surface area contributed by atoms with Gasteiger partial charge in [-0.3, -0.25) is 5.10 Å². The largest absolute Gasteiger partial charge is 0.493 e. The summed E-state index contributed by atoms with van der Waals surface area (Å²) in [5.74, 6) is 2.18. The number of H-pyrrole nitrogens is 1. The molecule has 130 valence electrons. The van der Waals surface area contributed by atoms with Crippen molar-refractivity contribution in [1.29, 1.82) is 0 Å². The maximum Gasteiger partial charge on any atom is 0.160 e. The Bertz CT molecular complexity index is 858. The molecule has 3 aromatic rings. The van der Waals surface area contributed by atoms with E-state index < -0.39 is 0 Å². The highest BCUT2D eigenvalue weighted by atomic mass is 16.5. The third kappa shape index (κ3) is 3.56. The van der Waals surface area contributed by atoms with Crippen molar-refractivity contribution in [2.24, 2.45) is 5.92 Å². The molecule has 0 amide bonds. The van der Waals surface area contributed by atoms with Gasteiger partial charge in [-0.25, -0.2) is 9.97 Å². The van der Waals surface area contributed by atoms with E-state index in [4.69, 9.17) is 9.47 Å². The number of aromatic amines is 1. The van der Waals surface area contributed by atoms with Crippen molar-refractivity contribution in [1.82, 2.24) is 20.2 Å². The highest BCUT2D eigenvalue weighted by Crippen LogP contribution is 2.28. The summed E-state index contributed by atoms with van der Waals surface area (Å²) < 4.78 is 11.5. The summed E-state index contributed by atoms with van der Waals surface area (Å²) in [6.07, 6.45) is 5.36. The van der Waals surface area contributed by atoms with Gasteiger partial charge in [-0.2, -0.15) is 5.10 Å². The highest BCUT2D eigenvalue weighted by molar-refractivity contribution is 5.87. The second-order valence-corrected chi connectivity index (χ2v) is 6.33. The molecule has 1 saturated heterocycles. The van der Waals surface area contributed by atoms with E-state index in [1.54, 1.807) is 6.20 Å². The second-order valence-electron chi connectivity index (χ2n) is 6.33. The van der Waals surface area contributed by atoms with Gasteiger partial charge in [0.15, 0.2) is 5.65 Å². The van der Waals surface area contributed by atoms with Gasteiger partial charge in [0.05, 0.1) is 18.2 Å². The van der Waals surface area contributed by atoms with Crippen molar-refractivity contribution in [2.45, 2.75) is 19.8 Å². The van der Waals surface area contributed by atoms with E-state index in [-0.39, 0.29) is 0 Å². The molecule has 0 aliphatic carbocycles. The quantitative estimate of drug-likeness (QED) is 0.742. The first-order valence-corrected chi connectivity index (χ1v) is 8.52. The lowest BCUT2D eigenvalue weighted by molar-refractivity contribution is 0.0496.